The molecule has 7 nitrogen and oxygen atoms in total. The predicted octanol–water partition coefficient (Wildman–Crippen LogP) is 2.60. The van der Waals surface area contributed by atoms with Crippen molar-refractivity contribution in [1.29, 1.82) is 0 Å². The monoisotopic (exact) mass is 406 g/mol. The summed E-state index contributed by atoms with van der Waals surface area (Å²) in [5, 5.41) is 8.75. The molecule has 4 rings (SSSR count). The number of aryl methyl sites for hydroxylation is 2. The van der Waals surface area contributed by atoms with Crippen molar-refractivity contribution in [3.05, 3.63) is 53.1 Å². The maximum Gasteiger partial charge on any atom is 0.227 e. The zero-order valence-electron chi connectivity index (χ0n) is 16.8. The average Bonchev–Trinajstić information content (AvgIpc) is 2.73. The third-order valence-electron chi connectivity index (χ3n) is 5.70. The van der Waals surface area contributed by atoms with E-state index in [1.807, 2.05) is 30.3 Å². The number of fused-ring (bicyclic) bond motifs is 2. The Kier molecular flexibility index (Phi) is 5.81. The van der Waals surface area contributed by atoms with Crippen LogP contribution in [0.2, 0.25) is 0 Å². The van der Waals surface area contributed by atoms with Gasteiger partial charge in [0.05, 0.1) is 0 Å². The zero-order chi connectivity index (χ0) is 21.1. The second kappa shape index (κ2) is 8.67. The van der Waals surface area contributed by atoms with E-state index in [1.165, 1.54) is 0 Å². The van der Waals surface area contributed by atoms with E-state index in [-0.39, 0.29) is 23.6 Å². The van der Waals surface area contributed by atoms with Crippen molar-refractivity contribution in [2.24, 2.45) is 11.7 Å². The van der Waals surface area contributed by atoms with Gasteiger partial charge in [0.2, 0.25) is 17.7 Å². The standard InChI is InChI=1S/C23H26N4O3/c24-10-9-17(12-14-1-5-19-15(11-14)2-7-21(28)26-19)23(30)25-18-4-6-20-16(13-18)3-8-22(29)27-20/h1,4-6,11,13,17H,2-3,7-10,12,24H2,(H,25,30)(H,26,28)(H,27,29). The third kappa shape index (κ3) is 4.52. The van der Waals surface area contributed by atoms with Gasteiger partial charge in [-0.1, -0.05) is 12.1 Å². The number of carbonyl (C=O) groups excluding carboxylic acids is 3. The fourth-order valence-electron chi connectivity index (χ4n) is 4.08. The molecule has 2 aliphatic heterocycles. The molecule has 2 aromatic carbocycles. The van der Waals surface area contributed by atoms with Crippen molar-refractivity contribution in [3.63, 3.8) is 0 Å². The summed E-state index contributed by atoms with van der Waals surface area (Å²) >= 11 is 0. The minimum atomic E-state index is -0.248. The number of carbonyl (C=O) groups is 3. The first kappa shape index (κ1) is 20.1. The highest BCUT2D eigenvalue weighted by Gasteiger charge is 2.21. The van der Waals surface area contributed by atoms with Crippen molar-refractivity contribution in [2.75, 3.05) is 22.5 Å². The number of amides is 3. The number of hydrogen-bond donors (Lipinski definition) is 4. The summed E-state index contributed by atoms with van der Waals surface area (Å²) in [4.78, 5) is 36.0. The number of anilines is 3. The Morgan fingerprint density at radius 1 is 0.933 bits per heavy atom. The van der Waals surface area contributed by atoms with Crippen molar-refractivity contribution >= 4 is 34.8 Å². The molecule has 156 valence electrons. The molecule has 1 atom stereocenters. The molecule has 0 radical (unpaired) electrons. The van der Waals surface area contributed by atoms with Gasteiger partial charge in [-0.05, 0) is 73.2 Å². The van der Waals surface area contributed by atoms with Crippen molar-refractivity contribution in [3.8, 4) is 0 Å². The fraction of sp³-hybridized carbons (Fsp3) is 0.348. The van der Waals surface area contributed by atoms with Crippen molar-refractivity contribution < 1.29 is 14.4 Å². The molecule has 2 heterocycles. The SMILES string of the molecule is NCCC(Cc1ccc2c(c1)CCC(=O)N2)C(=O)Nc1ccc2c(c1)CCC(=O)N2. The summed E-state index contributed by atoms with van der Waals surface area (Å²) < 4.78 is 0. The largest absolute Gasteiger partial charge is 0.330 e. The molecule has 0 saturated carbocycles. The van der Waals surface area contributed by atoms with Crippen molar-refractivity contribution in [1.82, 2.24) is 0 Å². The molecule has 0 spiro atoms. The van der Waals surface area contributed by atoms with Crippen LogP contribution in [0.1, 0.15) is 36.0 Å². The average molecular weight is 406 g/mol. The number of rotatable bonds is 6. The smallest absolute Gasteiger partial charge is 0.227 e. The second-order valence-corrected chi connectivity index (χ2v) is 7.93. The molecule has 0 saturated heterocycles. The summed E-state index contributed by atoms with van der Waals surface area (Å²) in [6.07, 6.45) is 3.50. The minimum Gasteiger partial charge on any atom is -0.330 e. The van der Waals surface area contributed by atoms with Crippen LogP contribution in [0.4, 0.5) is 17.1 Å². The highest BCUT2D eigenvalue weighted by atomic mass is 16.2. The van der Waals surface area contributed by atoms with Gasteiger partial charge in [0.25, 0.3) is 0 Å². The van der Waals surface area contributed by atoms with E-state index in [0.29, 0.717) is 45.1 Å². The van der Waals surface area contributed by atoms with Crippen LogP contribution in [0, 0.1) is 5.92 Å². The number of nitrogens with two attached hydrogens (primary N) is 1. The van der Waals surface area contributed by atoms with Gasteiger partial charge in [-0.2, -0.15) is 0 Å². The highest BCUT2D eigenvalue weighted by molar-refractivity contribution is 5.96. The van der Waals surface area contributed by atoms with Gasteiger partial charge in [-0.25, -0.2) is 0 Å². The van der Waals surface area contributed by atoms with Gasteiger partial charge in [0.1, 0.15) is 0 Å². The lowest BCUT2D eigenvalue weighted by Crippen LogP contribution is -2.27. The van der Waals surface area contributed by atoms with Gasteiger partial charge in [0, 0.05) is 35.8 Å². The molecule has 2 aliphatic rings. The van der Waals surface area contributed by atoms with E-state index in [2.05, 4.69) is 22.0 Å². The van der Waals surface area contributed by atoms with Gasteiger partial charge in [-0.3, -0.25) is 14.4 Å². The molecule has 2 aromatic rings. The Bertz CT molecular complexity index is 1000. The molecule has 1 unspecified atom stereocenters. The fourth-order valence-corrected chi connectivity index (χ4v) is 4.08. The molecule has 7 heteroatoms. The summed E-state index contributed by atoms with van der Waals surface area (Å²) in [5.41, 5.74) is 11.4. The van der Waals surface area contributed by atoms with Crippen LogP contribution in [0.25, 0.3) is 0 Å². The lowest BCUT2D eigenvalue weighted by molar-refractivity contribution is -0.120. The summed E-state index contributed by atoms with van der Waals surface area (Å²) in [6, 6.07) is 11.5. The lowest BCUT2D eigenvalue weighted by atomic mass is 9.92. The van der Waals surface area contributed by atoms with E-state index < -0.39 is 0 Å². The first-order valence-electron chi connectivity index (χ1n) is 10.4. The minimum absolute atomic E-state index is 0.0203. The molecule has 0 aliphatic carbocycles. The zero-order valence-corrected chi connectivity index (χ0v) is 16.8. The predicted molar refractivity (Wildman–Crippen MR) is 116 cm³/mol. The molecule has 3 amide bonds. The number of hydrogen-bond acceptors (Lipinski definition) is 4. The molecular weight excluding hydrogens is 380 g/mol. The Morgan fingerprint density at radius 3 is 2.23 bits per heavy atom. The van der Waals surface area contributed by atoms with E-state index in [9.17, 15) is 14.4 Å². The van der Waals surface area contributed by atoms with Gasteiger partial charge in [0.15, 0.2) is 0 Å². The quantitative estimate of drug-likeness (QED) is 0.590. The van der Waals surface area contributed by atoms with Gasteiger partial charge >= 0.3 is 0 Å². The van der Waals surface area contributed by atoms with Gasteiger partial charge < -0.3 is 21.7 Å². The third-order valence-corrected chi connectivity index (χ3v) is 5.70. The number of benzene rings is 2. The summed E-state index contributed by atoms with van der Waals surface area (Å²) in [7, 11) is 0. The molecule has 0 aromatic heterocycles. The second-order valence-electron chi connectivity index (χ2n) is 7.93. The summed E-state index contributed by atoms with van der Waals surface area (Å²) in [5.74, 6) is -0.250. The van der Waals surface area contributed by atoms with Crippen LogP contribution in [-0.4, -0.2) is 24.3 Å². The Labute approximate surface area is 175 Å². The first-order chi connectivity index (χ1) is 14.5. The highest BCUT2D eigenvalue weighted by Crippen LogP contribution is 2.27. The van der Waals surface area contributed by atoms with Crippen LogP contribution < -0.4 is 21.7 Å². The molecule has 0 fully saturated rings. The van der Waals surface area contributed by atoms with E-state index >= 15 is 0 Å². The van der Waals surface area contributed by atoms with Crippen molar-refractivity contribution in [2.45, 2.75) is 38.5 Å². The van der Waals surface area contributed by atoms with E-state index in [0.717, 1.165) is 33.8 Å². The van der Waals surface area contributed by atoms with E-state index in [4.69, 9.17) is 5.73 Å². The topological polar surface area (TPSA) is 113 Å². The molecule has 5 N–H and O–H groups in total. The maximum atomic E-state index is 13.0. The summed E-state index contributed by atoms with van der Waals surface area (Å²) in [6.45, 7) is 0.426. The first-order valence-corrected chi connectivity index (χ1v) is 10.4. The van der Waals surface area contributed by atoms with Gasteiger partial charge in [-0.15, -0.1) is 0 Å². The maximum absolute atomic E-state index is 13.0. The van der Waals surface area contributed by atoms with Crippen LogP contribution in [0.3, 0.4) is 0 Å². The Hall–Kier alpha value is -3.19. The Balaban J connectivity index is 1.46. The van der Waals surface area contributed by atoms with Crippen LogP contribution >= 0.6 is 0 Å². The van der Waals surface area contributed by atoms with Crippen LogP contribution in [0.5, 0.6) is 0 Å². The molecule has 0 bridgehead atoms. The molecular formula is C23H26N4O3. The number of nitrogens with one attached hydrogen (secondary N) is 3. The molecule has 30 heavy (non-hydrogen) atoms. The van der Waals surface area contributed by atoms with Crippen LogP contribution in [0.15, 0.2) is 36.4 Å². The Morgan fingerprint density at radius 2 is 1.57 bits per heavy atom. The van der Waals surface area contributed by atoms with E-state index in [1.54, 1.807) is 0 Å². The lowest BCUT2D eigenvalue weighted by Gasteiger charge is -2.21. The van der Waals surface area contributed by atoms with Crippen LogP contribution in [-0.2, 0) is 33.6 Å². The normalized spacial score (nSPS) is 16.0.